The molecule has 1 nitrogen and oxygen atoms in total. The Morgan fingerprint density at radius 3 is 2.35 bits per heavy atom. The van der Waals surface area contributed by atoms with Crippen molar-refractivity contribution in [1.82, 2.24) is 0 Å². The van der Waals surface area contributed by atoms with Gasteiger partial charge in [0.25, 0.3) is 0 Å². The van der Waals surface area contributed by atoms with Crippen LogP contribution in [0.4, 0.5) is 0 Å². The lowest BCUT2D eigenvalue weighted by Gasteiger charge is -2.08. The van der Waals surface area contributed by atoms with E-state index < -0.39 is 0 Å². The number of rotatable bonds is 3. The molecule has 0 aliphatic carbocycles. The molecule has 0 amide bonds. The molecule has 0 radical (unpaired) electrons. The normalized spacial score (nSPS) is 12.4. The smallest absolute Gasteiger partial charge is 0.0412 e. The second-order valence-electron chi connectivity index (χ2n) is 4.39. The number of hydrogen-bond donors (Lipinski definition) is 1. The van der Waals surface area contributed by atoms with Gasteiger partial charge in [-0.1, -0.05) is 48.0 Å². The van der Waals surface area contributed by atoms with Gasteiger partial charge in [0.05, 0.1) is 0 Å². The largest absolute Gasteiger partial charge is 0.328 e. The minimum atomic E-state index is 0.185. The third-order valence-electron chi connectivity index (χ3n) is 2.64. The first kappa shape index (κ1) is 12.2. The maximum Gasteiger partial charge on any atom is 0.0412 e. The number of hydrogen-bond acceptors (Lipinski definition) is 1. The first-order valence-electron chi connectivity index (χ1n) is 5.75. The first-order valence-corrected chi connectivity index (χ1v) is 6.13. The molecule has 2 aromatic carbocycles. The quantitative estimate of drug-likeness (QED) is 0.872. The molecule has 17 heavy (non-hydrogen) atoms. The van der Waals surface area contributed by atoms with E-state index in [1.807, 2.05) is 25.1 Å². The van der Waals surface area contributed by atoms with Crippen LogP contribution in [0.15, 0.2) is 48.5 Å². The molecule has 0 spiro atoms. The monoisotopic (exact) mass is 245 g/mol. The molecule has 0 fully saturated rings. The molecule has 0 bridgehead atoms. The molecule has 1 atom stereocenters. The molecule has 0 saturated carbocycles. The lowest BCUT2D eigenvalue weighted by Crippen LogP contribution is -2.17. The molecule has 0 aliphatic heterocycles. The molecular formula is C15H16ClN. The highest BCUT2D eigenvalue weighted by atomic mass is 35.5. The minimum absolute atomic E-state index is 0.185. The Balaban J connectivity index is 2.33. The molecule has 2 N–H and O–H groups in total. The summed E-state index contributed by atoms with van der Waals surface area (Å²) in [5.74, 6) is 0. The number of benzene rings is 2. The SMILES string of the molecule is CC(N)Cc1cccc(-c2cccc(Cl)c2)c1. The average Bonchev–Trinajstić information content (AvgIpc) is 2.28. The van der Waals surface area contributed by atoms with Crippen LogP contribution in [0.3, 0.4) is 0 Å². The van der Waals surface area contributed by atoms with Crippen molar-refractivity contribution < 1.29 is 0 Å². The minimum Gasteiger partial charge on any atom is -0.328 e. The van der Waals surface area contributed by atoms with Gasteiger partial charge in [0.15, 0.2) is 0 Å². The third-order valence-corrected chi connectivity index (χ3v) is 2.88. The predicted octanol–water partition coefficient (Wildman–Crippen LogP) is 3.90. The summed E-state index contributed by atoms with van der Waals surface area (Å²) >= 11 is 6.00. The van der Waals surface area contributed by atoms with Crippen molar-refractivity contribution in [3.63, 3.8) is 0 Å². The fraction of sp³-hybridized carbons (Fsp3) is 0.200. The van der Waals surface area contributed by atoms with Gasteiger partial charge in [-0.05, 0) is 42.2 Å². The Labute approximate surface area is 107 Å². The van der Waals surface area contributed by atoms with E-state index in [0.29, 0.717) is 0 Å². The van der Waals surface area contributed by atoms with Gasteiger partial charge in [0.2, 0.25) is 0 Å². The van der Waals surface area contributed by atoms with E-state index in [4.69, 9.17) is 17.3 Å². The fourth-order valence-electron chi connectivity index (χ4n) is 1.92. The molecule has 88 valence electrons. The highest BCUT2D eigenvalue weighted by Crippen LogP contribution is 2.23. The first-order chi connectivity index (χ1) is 8.15. The summed E-state index contributed by atoms with van der Waals surface area (Å²) in [5.41, 5.74) is 9.41. The molecule has 2 aromatic rings. The van der Waals surface area contributed by atoms with Gasteiger partial charge < -0.3 is 5.73 Å². The maximum absolute atomic E-state index is 6.00. The summed E-state index contributed by atoms with van der Waals surface area (Å²) in [6.45, 7) is 2.02. The van der Waals surface area contributed by atoms with Crippen molar-refractivity contribution >= 4 is 11.6 Å². The molecule has 2 rings (SSSR count). The Bertz CT molecular complexity index is 506. The van der Waals surface area contributed by atoms with Crippen molar-refractivity contribution in [2.75, 3.05) is 0 Å². The lowest BCUT2D eigenvalue weighted by molar-refractivity contribution is 0.738. The average molecular weight is 246 g/mol. The summed E-state index contributed by atoms with van der Waals surface area (Å²) in [7, 11) is 0. The zero-order valence-corrected chi connectivity index (χ0v) is 10.6. The summed E-state index contributed by atoms with van der Waals surface area (Å²) in [6, 6.07) is 16.5. The van der Waals surface area contributed by atoms with Crippen molar-refractivity contribution in [2.24, 2.45) is 5.73 Å². The van der Waals surface area contributed by atoms with Crippen LogP contribution in [-0.2, 0) is 6.42 Å². The van der Waals surface area contributed by atoms with Crippen molar-refractivity contribution in [3.8, 4) is 11.1 Å². The Morgan fingerprint density at radius 2 is 1.71 bits per heavy atom. The highest BCUT2D eigenvalue weighted by Gasteiger charge is 2.02. The van der Waals surface area contributed by atoms with Crippen LogP contribution in [0.1, 0.15) is 12.5 Å². The van der Waals surface area contributed by atoms with Crippen LogP contribution in [0, 0.1) is 0 Å². The van der Waals surface area contributed by atoms with Gasteiger partial charge >= 0.3 is 0 Å². The number of nitrogens with two attached hydrogens (primary N) is 1. The second kappa shape index (κ2) is 5.35. The van der Waals surface area contributed by atoms with E-state index in [1.165, 1.54) is 11.1 Å². The summed E-state index contributed by atoms with van der Waals surface area (Å²) in [4.78, 5) is 0. The zero-order chi connectivity index (χ0) is 12.3. The zero-order valence-electron chi connectivity index (χ0n) is 9.86. The predicted molar refractivity (Wildman–Crippen MR) is 74.2 cm³/mol. The number of halogens is 1. The summed E-state index contributed by atoms with van der Waals surface area (Å²) in [6.07, 6.45) is 0.897. The van der Waals surface area contributed by atoms with Crippen LogP contribution in [0.2, 0.25) is 5.02 Å². The second-order valence-corrected chi connectivity index (χ2v) is 4.83. The van der Waals surface area contributed by atoms with E-state index in [1.54, 1.807) is 0 Å². The van der Waals surface area contributed by atoms with Crippen LogP contribution < -0.4 is 5.73 Å². The molecule has 0 saturated heterocycles. The molecule has 0 heterocycles. The molecular weight excluding hydrogens is 230 g/mol. The van der Waals surface area contributed by atoms with E-state index in [2.05, 4.69) is 30.3 Å². The van der Waals surface area contributed by atoms with Crippen molar-refractivity contribution in [1.29, 1.82) is 0 Å². The summed E-state index contributed by atoms with van der Waals surface area (Å²) < 4.78 is 0. The van der Waals surface area contributed by atoms with Crippen LogP contribution in [-0.4, -0.2) is 6.04 Å². The third kappa shape index (κ3) is 3.32. The highest BCUT2D eigenvalue weighted by molar-refractivity contribution is 6.30. The van der Waals surface area contributed by atoms with E-state index in [9.17, 15) is 0 Å². The topological polar surface area (TPSA) is 26.0 Å². The summed E-state index contributed by atoms with van der Waals surface area (Å²) in [5, 5.41) is 0.764. The Kier molecular flexibility index (Phi) is 3.82. The maximum atomic E-state index is 6.00. The Morgan fingerprint density at radius 1 is 1.06 bits per heavy atom. The van der Waals surface area contributed by atoms with Gasteiger partial charge in [0, 0.05) is 11.1 Å². The van der Waals surface area contributed by atoms with Crippen LogP contribution in [0.25, 0.3) is 11.1 Å². The van der Waals surface area contributed by atoms with Gasteiger partial charge in [-0.3, -0.25) is 0 Å². The van der Waals surface area contributed by atoms with Crippen LogP contribution in [0.5, 0.6) is 0 Å². The standard InChI is InChI=1S/C15H16ClN/c1-11(17)8-12-4-2-5-13(9-12)14-6-3-7-15(16)10-14/h2-7,9-11H,8,17H2,1H3. The van der Waals surface area contributed by atoms with Gasteiger partial charge in [0.1, 0.15) is 0 Å². The van der Waals surface area contributed by atoms with Crippen molar-refractivity contribution in [2.45, 2.75) is 19.4 Å². The van der Waals surface area contributed by atoms with E-state index in [-0.39, 0.29) is 6.04 Å². The molecule has 0 aliphatic rings. The van der Waals surface area contributed by atoms with E-state index >= 15 is 0 Å². The van der Waals surface area contributed by atoms with Crippen molar-refractivity contribution in [3.05, 3.63) is 59.1 Å². The van der Waals surface area contributed by atoms with Gasteiger partial charge in [-0.2, -0.15) is 0 Å². The molecule has 2 heteroatoms. The fourth-order valence-corrected chi connectivity index (χ4v) is 2.11. The molecule has 0 aromatic heterocycles. The van der Waals surface area contributed by atoms with Gasteiger partial charge in [-0.15, -0.1) is 0 Å². The van der Waals surface area contributed by atoms with Crippen LogP contribution >= 0.6 is 11.6 Å². The van der Waals surface area contributed by atoms with E-state index in [0.717, 1.165) is 17.0 Å². The molecule has 1 unspecified atom stereocenters. The lowest BCUT2D eigenvalue weighted by atomic mass is 10.0. The Hall–Kier alpha value is -1.31. The van der Waals surface area contributed by atoms with Gasteiger partial charge in [-0.25, -0.2) is 0 Å².